The fourth-order valence-corrected chi connectivity index (χ4v) is 3.63. The van der Waals surface area contributed by atoms with Gasteiger partial charge in [0.05, 0.1) is 17.7 Å². The van der Waals surface area contributed by atoms with E-state index in [9.17, 15) is 9.59 Å². The van der Waals surface area contributed by atoms with Crippen molar-refractivity contribution < 1.29 is 14.3 Å². The van der Waals surface area contributed by atoms with Crippen molar-refractivity contribution in [3.8, 4) is 0 Å². The molecule has 0 atom stereocenters. The van der Waals surface area contributed by atoms with E-state index in [1.807, 2.05) is 56.1 Å². The van der Waals surface area contributed by atoms with Crippen LogP contribution in [0, 0.1) is 5.92 Å². The molecule has 0 bridgehead atoms. The lowest BCUT2D eigenvalue weighted by Gasteiger charge is -2.18. The highest BCUT2D eigenvalue weighted by atomic mass is 32.1. The molecule has 2 rings (SSSR count). The molecule has 0 unspecified atom stereocenters. The topological polar surface area (TPSA) is 72.6 Å². The molecule has 0 aliphatic heterocycles. The summed E-state index contributed by atoms with van der Waals surface area (Å²) in [5.74, 6) is -0.785. The Morgan fingerprint density at radius 1 is 1.25 bits per heavy atom. The van der Waals surface area contributed by atoms with Crippen LogP contribution in [-0.4, -0.2) is 25.9 Å². The van der Waals surface area contributed by atoms with Gasteiger partial charge in [-0.05, 0) is 5.56 Å². The van der Waals surface area contributed by atoms with Gasteiger partial charge in [-0.3, -0.25) is 4.79 Å². The van der Waals surface area contributed by atoms with Gasteiger partial charge in [-0.25, -0.2) is 4.79 Å². The van der Waals surface area contributed by atoms with Gasteiger partial charge < -0.3 is 15.4 Å². The van der Waals surface area contributed by atoms with Gasteiger partial charge in [-0.15, -0.1) is 11.3 Å². The van der Waals surface area contributed by atoms with Gasteiger partial charge in [0.15, 0.2) is 5.78 Å². The largest absolute Gasteiger partial charge is 0.465 e. The number of thiophene rings is 1. The Morgan fingerprint density at radius 2 is 1.88 bits per heavy atom. The first kappa shape index (κ1) is 18.0. The third-order valence-corrected chi connectivity index (χ3v) is 5.01. The molecule has 0 fully saturated rings. The molecule has 0 radical (unpaired) electrons. The van der Waals surface area contributed by atoms with Gasteiger partial charge in [0, 0.05) is 19.5 Å². The maximum atomic E-state index is 12.4. The minimum atomic E-state index is -0.526. The molecule has 0 aliphatic rings. The number of hydrogen-bond acceptors (Lipinski definition) is 6. The lowest BCUT2D eigenvalue weighted by atomic mass is 10.1. The van der Waals surface area contributed by atoms with Crippen LogP contribution in [0.15, 0.2) is 30.3 Å². The Balaban J connectivity index is 2.45. The van der Waals surface area contributed by atoms with Crippen LogP contribution in [0.4, 0.5) is 10.7 Å². The van der Waals surface area contributed by atoms with Crippen LogP contribution in [-0.2, 0) is 11.3 Å². The third-order valence-electron chi connectivity index (χ3n) is 3.67. The van der Waals surface area contributed by atoms with Gasteiger partial charge in [0.25, 0.3) is 0 Å². The van der Waals surface area contributed by atoms with E-state index in [-0.39, 0.29) is 23.0 Å². The third kappa shape index (κ3) is 3.59. The molecular weight excluding hydrogens is 324 g/mol. The molecular formula is C18H22N2O3S. The van der Waals surface area contributed by atoms with E-state index in [4.69, 9.17) is 10.5 Å². The van der Waals surface area contributed by atoms with E-state index >= 15 is 0 Å². The molecule has 0 spiro atoms. The van der Waals surface area contributed by atoms with Crippen molar-refractivity contribution in [3.05, 3.63) is 46.3 Å². The fraction of sp³-hybridized carbons (Fsp3) is 0.333. The van der Waals surface area contributed by atoms with Gasteiger partial charge in [-0.1, -0.05) is 44.2 Å². The highest BCUT2D eigenvalue weighted by Crippen LogP contribution is 2.40. The van der Waals surface area contributed by atoms with E-state index < -0.39 is 5.97 Å². The summed E-state index contributed by atoms with van der Waals surface area (Å²) in [6, 6.07) is 9.88. The van der Waals surface area contributed by atoms with Crippen molar-refractivity contribution in [1.82, 2.24) is 0 Å². The Morgan fingerprint density at radius 3 is 2.42 bits per heavy atom. The highest BCUT2D eigenvalue weighted by molar-refractivity contribution is 7.19. The van der Waals surface area contributed by atoms with E-state index in [0.29, 0.717) is 16.4 Å². The van der Waals surface area contributed by atoms with Crippen LogP contribution in [0.25, 0.3) is 0 Å². The van der Waals surface area contributed by atoms with Crippen LogP contribution >= 0.6 is 11.3 Å². The number of rotatable bonds is 6. The number of carbonyl (C=O) groups excluding carboxylic acids is 2. The summed E-state index contributed by atoms with van der Waals surface area (Å²) in [6.45, 7) is 4.22. The minimum absolute atomic E-state index is 0.0676. The molecule has 2 aromatic rings. The second-order valence-corrected chi connectivity index (χ2v) is 6.88. The number of nitrogens with two attached hydrogens (primary N) is 1. The Hall–Kier alpha value is -2.34. The van der Waals surface area contributed by atoms with Crippen molar-refractivity contribution in [2.24, 2.45) is 5.92 Å². The molecule has 0 aliphatic carbocycles. The molecule has 1 aromatic heterocycles. The second kappa shape index (κ2) is 7.49. The summed E-state index contributed by atoms with van der Waals surface area (Å²) in [7, 11) is 3.18. The Kier molecular flexibility index (Phi) is 5.62. The quantitative estimate of drug-likeness (QED) is 0.639. The number of esters is 1. The number of benzene rings is 1. The smallest absolute Gasteiger partial charge is 0.343 e. The molecule has 1 heterocycles. The summed E-state index contributed by atoms with van der Waals surface area (Å²) in [5.41, 5.74) is 7.69. The lowest BCUT2D eigenvalue weighted by Crippen LogP contribution is -2.18. The average molecular weight is 346 g/mol. The second-order valence-electron chi connectivity index (χ2n) is 5.88. The standard InChI is InChI=1S/C18H22N2O3S/c1-11(2)15(21)16-14(19)13(18(22)23-4)17(24-16)20(3)10-12-8-6-5-7-9-12/h5-9,11H,10,19H2,1-4H3. The summed E-state index contributed by atoms with van der Waals surface area (Å²) in [5, 5.41) is 0.646. The van der Waals surface area contributed by atoms with Crippen molar-refractivity contribution >= 4 is 33.8 Å². The van der Waals surface area contributed by atoms with Crippen molar-refractivity contribution in [2.45, 2.75) is 20.4 Å². The normalized spacial score (nSPS) is 10.7. The number of carbonyl (C=O) groups is 2. The number of ketones is 1. The monoisotopic (exact) mass is 346 g/mol. The maximum Gasteiger partial charge on any atom is 0.343 e. The zero-order valence-corrected chi connectivity index (χ0v) is 15.1. The molecule has 2 N–H and O–H groups in total. The number of methoxy groups -OCH3 is 1. The minimum Gasteiger partial charge on any atom is -0.465 e. The first-order valence-electron chi connectivity index (χ1n) is 7.66. The average Bonchev–Trinajstić information content (AvgIpc) is 2.91. The maximum absolute atomic E-state index is 12.4. The summed E-state index contributed by atoms with van der Waals surface area (Å²) in [6.07, 6.45) is 0. The predicted molar refractivity (Wildman–Crippen MR) is 97.8 cm³/mol. The highest BCUT2D eigenvalue weighted by Gasteiger charge is 2.28. The number of nitrogen functional groups attached to an aromatic ring is 1. The molecule has 128 valence electrons. The van der Waals surface area contributed by atoms with Crippen LogP contribution in [0.5, 0.6) is 0 Å². The van der Waals surface area contributed by atoms with Gasteiger partial charge in [0.2, 0.25) is 0 Å². The molecule has 1 aromatic carbocycles. The van der Waals surface area contributed by atoms with E-state index in [1.54, 1.807) is 0 Å². The van der Waals surface area contributed by atoms with Crippen molar-refractivity contribution in [3.63, 3.8) is 0 Å². The summed E-state index contributed by atoms with van der Waals surface area (Å²) >= 11 is 1.24. The number of Topliss-reactive ketones (excluding diaryl/α,β-unsaturated/α-hetero) is 1. The first-order valence-corrected chi connectivity index (χ1v) is 8.48. The molecule has 24 heavy (non-hydrogen) atoms. The van der Waals surface area contributed by atoms with E-state index in [1.165, 1.54) is 18.4 Å². The Labute approximate surface area is 146 Å². The zero-order chi connectivity index (χ0) is 17.9. The van der Waals surface area contributed by atoms with Crippen LogP contribution < -0.4 is 10.6 Å². The van der Waals surface area contributed by atoms with E-state index in [2.05, 4.69) is 0 Å². The Bertz CT molecular complexity index is 738. The first-order chi connectivity index (χ1) is 11.4. The number of ether oxygens (including phenoxy) is 1. The van der Waals surface area contributed by atoms with Gasteiger partial charge >= 0.3 is 5.97 Å². The predicted octanol–water partition coefficient (Wildman–Crippen LogP) is 3.59. The van der Waals surface area contributed by atoms with E-state index in [0.717, 1.165) is 5.56 Å². The SMILES string of the molecule is COC(=O)c1c(N(C)Cc2ccccc2)sc(C(=O)C(C)C)c1N. The molecule has 0 saturated heterocycles. The number of hydrogen-bond donors (Lipinski definition) is 1. The number of anilines is 2. The van der Waals surface area contributed by atoms with Crippen LogP contribution in [0.1, 0.15) is 39.4 Å². The fourth-order valence-electron chi connectivity index (χ4n) is 2.37. The van der Waals surface area contributed by atoms with Gasteiger partial charge in [0.1, 0.15) is 10.6 Å². The zero-order valence-electron chi connectivity index (χ0n) is 14.3. The summed E-state index contributed by atoms with van der Waals surface area (Å²) < 4.78 is 4.86. The molecule has 6 heteroatoms. The van der Waals surface area contributed by atoms with Crippen LogP contribution in [0.2, 0.25) is 0 Å². The molecule has 0 amide bonds. The van der Waals surface area contributed by atoms with Crippen molar-refractivity contribution in [2.75, 3.05) is 24.8 Å². The molecule has 5 nitrogen and oxygen atoms in total. The number of nitrogens with zero attached hydrogens (tertiary/aromatic N) is 1. The molecule has 0 saturated carbocycles. The van der Waals surface area contributed by atoms with Crippen LogP contribution in [0.3, 0.4) is 0 Å². The summed E-state index contributed by atoms with van der Waals surface area (Å²) in [4.78, 5) is 26.9. The lowest BCUT2D eigenvalue weighted by molar-refractivity contribution is 0.0603. The van der Waals surface area contributed by atoms with Gasteiger partial charge in [-0.2, -0.15) is 0 Å². The van der Waals surface area contributed by atoms with Crippen molar-refractivity contribution in [1.29, 1.82) is 0 Å².